The van der Waals surface area contributed by atoms with E-state index >= 15 is 0 Å². The zero-order valence-corrected chi connectivity index (χ0v) is 12.3. The van der Waals surface area contributed by atoms with E-state index < -0.39 is 11.0 Å². The van der Waals surface area contributed by atoms with Crippen molar-refractivity contribution in [2.24, 2.45) is 0 Å². The maximum Gasteiger partial charge on any atom is 0.311 e. The second-order valence-electron chi connectivity index (χ2n) is 4.67. The van der Waals surface area contributed by atoms with Gasteiger partial charge in [-0.15, -0.1) is 0 Å². The molecule has 2 rings (SSSR count). The van der Waals surface area contributed by atoms with E-state index in [0.717, 1.165) is 5.56 Å². The molecule has 0 saturated carbocycles. The van der Waals surface area contributed by atoms with Gasteiger partial charge >= 0.3 is 5.69 Å². The summed E-state index contributed by atoms with van der Waals surface area (Å²) in [6.45, 7) is 3.35. The zero-order valence-electron chi connectivity index (χ0n) is 11.5. The first-order chi connectivity index (χ1) is 9.88. The van der Waals surface area contributed by atoms with Crippen LogP contribution in [0.3, 0.4) is 0 Å². The number of nitro groups is 1. The molecule has 0 aliphatic rings. The molecular formula is C15H14ClNO4. The van der Waals surface area contributed by atoms with Crippen molar-refractivity contribution in [3.8, 4) is 11.5 Å². The Hall–Kier alpha value is -2.11. The summed E-state index contributed by atoms with van der Waals surface area (Å²) in [5.41, 5.74) is 1.04. The van der Waals surface area contributed by atoms with Gasteiger partial charge in [0.2, 0.25) is 5.75 Å². The van der Waals surface area contributed by atoms with Gasteiger partial charge in [0.1, 0.15) is 5.75 Å². The molecule has 2 aromatic carbocycles. The molecule has 0 fully saturated rings. The number of halogens is 1. The highest BCUT2D eigenvalue weighted by Crippen LogP contribution is 2.35. The fourth-order valence-corrected chi connectivity index (χ4v) is 2.10. The third-order valence-electron chi connectivity index (χ3n) is 3.02. The predicted octanol–water partition coefficient (Wildman–Crippen LogP) is 4.40. The van der Waals surface area contributed by atoms with E-state index in [1.54, 1.807) is 38.1 Å². The third-order valence-corrected chi connectivity index (χ3v) is 3.25. The van der Waals surface area contributed by atoms with Crippen molar-refractivity contribution in [2.75, 3.05) is 0 Å². The van der Waals surface area contributed by atoms with Crippen LogP contribution in [-0.4, -0.2) is 10.0 Å². The SMILES string of the molecule is Cc1cc(Cl)ccc1Oc1ccc(C(C)O)cc1[N+](=O)[O-]. The number of benzene rings is 2. The lowest BCUT2D eigenvalue weighted by atomic mass is 10.1. The van der Waals surface area contributed by atoms with E-state index in [2.05, 4.69) is 0 Å². The Morgan fingerprint density at radius 1 is 1.24 bits per heavy atom. The van der Waals surface area contributed by atoms with E-state index in [4.69, 9.17) is 16.3 Å². The molecular weight excluding hydrogens is 294 g/mol. The van der Waals surface area contributed by atoms with E-state index in [9.17, 15) is 15.2 Å². The molecule has 0 aliphatic carbocycles. The summed E-state index contributed by atoms with van der Waals surface area (Å²) in [7, 11) is 0. The number of ether oxygens (including phenoxy) is 1. The molecule has 1 unspecified atom stereocenters. The highest BCUT2D eigenvalue weighted by atomic mass is 35.5. The summed E-state index contributed by atoms with van der Waals surface area (Å²) in [6.07, 6.45) is -0.782. The first-order valence-corrected chi connectivity index (χ1v) is 6.66. The third kappa shape index (κ3) is 3.51. The van der Waals surface area contributed by atoms with Crippen LogP contribution >= 0.6 is 11.6 Å². The maximum atomic E-state index is 11.1. The minimum Gasteiger partial charge on any atom is -0.450 e. The van der Waals surface area contributed by atoms with Gasteiger partial charge in [0.15, 0.2) is 0 Å². The van der Waals surface area contributed by atoms with Crippen molar-refractivity contribution >= 4 is 17.3 Å². The molecule has 6 heteroatoms. The van der Waals surface area contributed by atoms with Crippen molar-refractivity contribution in [3.05, 3.63) is 62.7 Å². The van der Waals surface area contributed by atoms with Gasteiger partial charge in [-0.25, -0.2) is 0 Å². The summed E-state index contributed by atoms with van der Waals surface area (Å²) in [6, 6.07) is 9.41. The van der Waals surface area contributed by atoms with Crippen LogP contribution in [0.5, 0.6) is 11.5 Å². The second kappa shape index (κ2) is 6.11. The largest absolute Gasteiger partial charge is 0.450 e. The molecule has 0 aliphatic heterocycles. The van der Waals surface area contributed by atoms with Crippen LogP contribution < -0.4 is 4.74 Å². The van der Waals surface area contributed by atoms with E-state index in [1.165, 1.54) is 12.1 Å². The molecule has 2 aromatic rings. The van der Waals surface area contributed by atoms with Gasteiger partial charge in [-0.05, 0) is 49.2 Å². The zero-order chi connectivity index (χ0) is 15.6. The van der Waals surface area contributed by atoms with E-state index in [0.29, 0.717) is 16.3 Å². The molecule has 21 heavy (non-hydrogen) atoms. The van der Waals surface area contributed by atoms with Crippen LogP contribution in [0.25, 0.3) is 0 Å². The number of nitrogens with zero attached hydrogens (tertiary/aromatic N) is 1. The molecule has 1 atom stereocenters. The molecule has 0 heterocycles. The minimum absolute atomic E-state index is 0.120. The van der Waals surface area contributed by atoms with Crippen LogP contribution in [0.15, 0.2) is 36.4 Å². The quantitative estimate of drug-likeness (QED) is 0.671. The fourth-order valence-electron chi connectivity index (χ4n) is 1.87. The molecule has 0 aromatic heterocycles. The highest BCUT2D eigenvalue weighted by Gasteiger charge is 2.18. The van der Waals surface area contributed by atoms with Gasteiger partial charge in [-0.3, -0.25) is 10.1 Å². The van der Waals surface area contributed by atoms with Crippen LogP contribution in [0.2, 0.25) is 5.02 Å². The number of aliphatic hydroxyl groups excluding tert-OH is 1. The average molecular weight is 308 g/mol. The topological polar surface area (TPSA) is 72.6 Å². The van der Waals surface area contributed by atoms with Crippen LogP contribution in [0.1, 0.15) is 24.2 Å². The number of nitro benzene ring substituents is 1. The van der Waals surface area contributed by atoms with Crippen molar-refractivity contribution in [1.82, 2.24) is 0 Å². The van der Waals surface area contributed by atoms with E-state index in [1.807, 2.05) is 0 Å². The number of rotatable bonds is 4. The molecule has 0 amide bonds. The summed E-state index contributed by atoms with van der Waals surface area (Å²) >= 11 is 5.87. The van der Waals surface area contributed by atoms with Crippen LogP contribution in [-0.2, 0) is 0 Å². The Balaban J connectivity index is 2.41. The predicted molar refractivity (Wildman–Crippen MR) is 80.0 cm³/mol. The molecule has 0 spiro atoms. The Bertz CT molecular complexity index is 685. The first kappa shape index (κ1) is 15.3. The lowest BCUT2D eigenvalue weighted by molar-refractivity contribution is -0.385. The van der Waals surface area contributed by atoms with Gasteiger partial charge in [0, 0.05) is 11.1 Å². The molecule has 0 bridgehead atoms. The minimum atomic E-state index is -0.782. The lowest BCUT2D eigenvalue weighted by Crippen LogP contribution is -1.98. The molecule has 0 radical (unpaired) electrons. The Morgan fingerprint density at radius 3 is 2.48 bits per heavy atom. The first-order valence-electron chi connectivity index (χ1n) is 6.29. The average Bonchev–Trinajstić information content (AvgIpc) is 2.41. The van der Waals surface area contributed by atoms with Crippen molar-refractivity contribution in [2.45, 2.75) is 20.0 Å². The van der Waals surface area contributed by atoms with Gasteiger partial charge < -0.3 is 9.84 Å². The number of aryl methyl sites for hydroxylation is 1. The standard InChI is InChI=1S/C15H14ClNO4/c1-9-7-12(16)4-6-14(9)21-15-5-3-11(10(2)18)8-13(15)17(19)20/h3-8,10,18H,1-2H3. The molecule has 0 saturated heterocycles. The lowest BCUT2D eigenvalue weighted by Gasteiger charge is -2.11. The summed E-state index contributed by atoms with van der Waals surface area (Å²) in [5.74, 6) is 0.613. The molecule has 5 nitrogen and oxygen atoms in total. The smallest absolute Gasteiger partial charge is 0.311 e. The van der Waals surface area contributed by atoms with Crippen molar-refractivity contribution in [1.29, 1.82) is 0 Å². The van der Waals surface area contributed by atoms with Gasteiger partial charge in [-0.1, -0.05) is 17.7 Å². The number of hydrogen-bond acceptors (Lipinski definition) is 4. The molecule has 110 valence electrons. The number of hydrogen-bond donors (Lipinski definition) is 1. The second-order valence-corrected chi connectivity index (χ2v) is 5.11. The Labute approximate surface area is 126 Å². The summed E-state index contributed by atoms with van der Waals surface area (Å²) in [5, 5.41) is 21.2. The summed E-state index contributed by atoms with van der Waals surface area (Å²) < 4.78 is 5.61. The Morgan fingerprint density at radius 2 is 1.90 bits per heavy atom. The van der Waals surface area contributed by atoms with Crippen LogP contribution in [0.4, 0.5) is 5.69 Å². The normalized spacial score (nSPS) is 12.0. The monoisotopic (exact) mass is 307 g/mol. The maximum absolute atomic E-state index is 11.1. The molecule has 1 N–H and O–H groups in total. The number of aliphatic hydroxyl groups is 1. The van der Waals surface area contributed by atoms with Crippen LogP contribution in [0, 0.1) is 17.0 Å². The van der Waals surface area contributed by atoms with Gasteiger partial charge in [-0.2, -0.15) is 0 Å². The van der Waals surface area contributed by atoms with E-state index in [-0.39, 0.29) is 11.4 Å². The van der Waals surface area contributed by atoms with Crippen molar-refractivity contribution < 1.29 is 14.8 Å². The highest BCUT2D eigenvalue weighted by molar-refractivity contribution is 6.30. The Kier molecular flexibility index (Phi) is 4.45. The fraction of sp³-hybridized carbons (Fsp3) is 0.200. The van der Waals surface area contributed by atoms with Gasteiger partial charge in [0.25, 0.3) is 0 Å². The van der Waals surface area contributed by atoms with Gasteiger partial charge in [0.05, 0.1) is 11.0 Å². The van der Waals surface area contributed by atoms with Crippen molar-refractivity contribution in [3.63, 3.8) is 0 Å². The summed E-state index contributed by atoms with van der Waals surface area (Å²) in [4.78, 5) is 10.6.